The molecule has 0 spiro atoms. The third kappa shape index (κ3) is 4.59. The second kappa shape index (κ2) is 7.41. The fourth-order valence-electron chi connectivity index (χ4n) is 1.61. The first-order chi connectivity index (χ1) is 9.86. The van der Waals surface area contributed by atoms with Gasteiger partial charge < -0.3 is 14.9 Å². The average molecular weight is 298 g/mol. The first kappa shape index (κ1) is 16.7. The maximum atomic E-state index is 12.0. The fourth-order valence-corrected chi connectivity index (χ4v) is 1.61. The zero-order valence-corrected chi connectivity index (χ0v) is 12.0. The van der Waals surface area contributed by atoms with E-state index in [1.165, 1.54) is 6.08 Å². The highest BCUT2D eigenvalue weighted by molar-refractivity contribution is 6.01. The van der Waals surface area contributed by atoms with Crippen LogP contribution in [0.15, 0.2) is 12.7 Å². The molecule has 0 saturated carbocycles. The Morgan fingerprint density at radius 2 is 1.90 bits per heavy atom. The van der Waals surface area contributed by atoms with Crippen molar-refractivity contribution in [2.24, 2.45) is 5.92 Å². The number of hydrogen-bond acceptors (Lipinski definition) is 6. The molecule has 0 bridgehead atoms. The summed E-state index contributed by atoms with van der Waals surface area (Å²) in [6.45, 7) is 6.73. The summed E-state index contributed by atoms with van der Waals surface area (Å²) in [6.07, 6.45) is 0.578. The van der Waals surface area contributed by atoms with Gasteiger partial charge in [0.1, 0.15) is 12.6 Å². The van der Waals surface area contributed by atoms with E-state index in [0.717, 1.165) is 0 Å². The van der Waals surface area contributed by atoms with Crippen LogP contribution in [-0.4, -0.2) is 41.6 Å². The zero-order chi connectivity index (χ0) is 16.0. The number of carbonyl (C=O) groups is 4. The van der Waals surface area contributed by atoms with Gasteiger partial charge in [0.2, 0.25) is 0 Å². The number of amides is 3. The second-order valence-electron chi connectivity index (χ2n) is 4.75. The summed E-state index contributed by atoms with van der Waals surface area (Å²) in [5, 5.41) is 2.76. The molecular weight excluding hydrogens is 280 g/mol. The molecule has 1 fully saturated rings. The van der Waals surface area contributed by atoms with Crippen LogP contribution in [-0.2, 0) is 24.0 Å². The van der Waals surface area contributed by atoms with E-state index in [9.17, 15) is 19.2 Å². The molecule has 1 rings (SSSR count). The highest BCUT2D eigenvalue weighted by Gasteiger charge is 2.36. The minimum atomic E-state index is -1.04. The number of nitrogens with one attached hydrogen (secondary N) is 1. The van der Waals surface area contributed by atoms with Crippen LogP contribution in [0.1, 0.15) is 26.7 Å². The van der Waals surface area contributed by atoms with E-state index < -0.39 is 29.9 Å². The maximum Gasteiger partial charge on any atom is 0.408 e. The van der Waals surface area contributed by atoms with Crippen molar-refractivity contribution in [1.29, 1.82) is 0 Å². The first-order valence-electron chi connectivity index (χ1n) is 6.48. The van der Waals surface area contributed by atoms with Crippen LogP contribution in [0.25, 0.3) is 0 Å². The lowest BCUT2D eigenvalue weighted by Gasteiger charge is -2.22. The van der Waals surface area contributed by atoms with Crippen LogP contribution in [0.5, 0.6) is 0 Å². The van der Waals surface area contributed by atoms with Crippen molar-refractivity contribution in [3.63, 3.8) is 0 Å². The molecule has 1 N–H and O–H groups in total. The van der Waals surface area contributed by atoms with Crippen LogP contribution < -0.4 is 5.32 Å². The van der Waals surface area contributed by atoms with Gasteiger partial charge in [-0.05, 0) is 5.92 Å². The predicted octanol–water partition coefficient (Wildman–Crippen LogP) is 0.530. The smallest absolute Gasteiger partial charge is 0.408 e. The minimum Gasteiger partial charge on any atom is -0.445 e. The molecule has 0 aromatic carbocycles. The average Bonchev–Trinajstić information content (AvgIpc) is 2.73. The molecule has 1 saturated heterocycles. The minimum absolute atomic E-state index is 0.00517. The molecule has 21 heavy (non-hydrogen) atoms. The summed E-state index contributed by atoms with van der Waals surface area (Å²) in [5.41, 5.74) is 0. The van der Waals surface area contributed by atoms with E-state index in [1.54, 1.807) is 13.8 Å². The Hall–Kier alpha value is -2.38. The third-order valence-electron chi connectivity index (χ3n) is 2.71. The van der Waals surface area contributed by atoms with Crippen LogP contribution in [0.2, 0.25) is 0 Å². The largest absolute Gasteiger partial charge is 0.445 e. The molecule has 1 unspecified atom stereocenters. The monoisotopic (exact) mass is 298 g/mol. The summed E-state index contributed by atoms with van der Waals surface area (Å²) < 4.78 is 4.71. The van der Waals surface area contributed by atoms with Crippen molar-refractivity contribution in [3.8, 4) is 0 Å². The fraction of sp³-hybridized carbons (Fsp3) is 0.538. The topological polar surface area (TPSA) is 102 Å². The normalized spacial score (nSPS) is 15.9. The Kier molecular flexibility index (Phi) is 5.89. The first-order valence-corrected chi connectivity index (χ1v) is 6.48. The molecule has 3 amide bonds. The second-order valence-corrected chi connectivity index (χ2v) is 4.75. The molecule has 8 nitrogen and oxygen atoms in total. The summed E-state index contributed by atoms with van der Waals surface area (Å²) in [4.78, 5) is 51.0. The number of hydroxylamine groups is 2. The van der Waals surface area contributed by atoms with Gasteiger partial charge in [0.15, 0.2) is 0 Å². The van der Waals surface area contributed by atoms with Crippen LogP contribution >= 0.6 is 0 Å². The van der Waals surface area contributed by atoms with E-state index in [-0.39, 0.29) is 25.4 Å². The summed E-state index contributed by atoms with van der Waals surface area (Å²) in [7, 11) is 0. The SMILES string of the molecule is C=CCOC(=O)NC(C(=O)ON1C(=O)CCC1=O)C(C)C. The Labute approximate surface area is 122 Å². The van der Waals surface area contributed by atoms with E-state index in [1.807, 2.05) is 0 Å². The van der Waals surface area contributed by atoms with Crippen LogP contribution in [0.3, 0.4) is 0 Å². The van der Waals surface area contributed by atoms with Crippen molar-refractivity contribution in [2.45, 2.75) is 32.7 Å². The van der Waals surface area contributed by atoms with Gasteiger partial charge in [-0.15, -0.1) is 5.06 Å². The van der Waals surface area contributed by atoms with E-state index >= 15 is 0 Å². The van der Waals surface area contributed by atoms with Gasteiger partial charge in [0.25, 0.3) is 11.8 Å². The number of ether oxygens (including phenoxy) is 1. The highest BCUT2D eigenvalue weighted by Crippen LogP contribution is 2.14. The molecular formula is C13H18N2O6. The van der Waals surface area contributed by atoms with Crippen molar-refractivity contribution in [1.82, 2.24) is 10.4 Å². The molecule has 0 aliphatic carbocycles. The number of hydrogen-bond donors (Lipinski definition) is 1. The predicted molar refractivity (Wildman–Crippen MR) is 70.5 cm³/mol. The molecule has 1 atom stereocenters. The Morgan fingerprint density at radius 3 is 2.38 bits per heavy atom. The van der Waals surface area contributed by atoms with Crippen LogP contribution in [0, 0.1) is 5.92 Å². The van der Waals surface area contributed by atoms with Crippen molar-refractivity contribution >= 4 is 23.9 Å². The lowest BCUT2D eigenvalue weighted by Crippen LogP contribution is -2.48. The lowest BCUT2D eigenvalue weighted by atomic mass is 10.1. The van der Waals surface area contributed by atoms with E-state index in [0.29, 0.717) is 5.06 Å². The van der Waals surface area contributed by atoms with E-state index in [2.05, 4.69) is 11.9 Å². The van der Waals surface area contributed by atoms with Crippen LogP contribution in [0.4, 0.5) is 4.79 Å². The Bertz CT molecular complexity index is 444. The van der Waals surface area contributed by atoms with Gasteiger partial charge in [0.05, 0.1) is 0 Å². The number of imide groups is 1. The molecule has 0 radical (unpaired) electrons. The number of nitrogens with zero attached hydrogens (tertiary/aromatic N) is 1. The van der Waals surface area contributed by atoms with Gasteiger partial charge in [-0.2, -0.15) is 0 Å². The van der Waals surface area contributed by atoms with Crippen molar-refractivity contribution in [2.75, 3.05) is 6.61 Å². The number of alkyl carbamates (subject to hydrolysis) is 1. The summed E-state index contributed by atoms with van der Waals surface area (Å²) in [5.74, 6) is -2.37. The van der Waals surface area contributed by atoms with E-state index in [4.69, 9.17) is 9.57 Å². The Morgan fingerprint density at radius 1 is 1.33 bits per heavy atom. The molecule has 8 heteroatoms. The zero-order valence-electron chi connectivity index (χ0n) is 12.0. The molecule has 116 valence electrons. The van der Waals surface area contributed by atoms with Gasteiger partial charge >= 0.3 is 12.1 Å². The van der Waals surface area contributed by atoms with Gasteiger partial charge in [-0.25, -0.2) is 9.59 Å². The standard InChI is InChI=1S/C13H18N2O6/c1-4-7-20-13(19)14-11(8(2)3)12(18)21-15-9(16)5-6-10(15)17/h4,8,11H,1,5-7H2,2-3H3,(H,14,19). The summed E-state index contributed by atoms with van der Waals surface area (Å²) in [6, 6.07) is -1.04. The van der Waals surface area contributed by atoms with Gasteiger partial charge in [0, 0.05) is 12.8 Å². The van der Waals surface area contributed by atoms with Gasteiger partial charge in [-0.3, -0.25) is 9.59 Å². The molecule has 1 aliphatic heterocycles. The molecule has 1 heterocycles. The number of rotatable bonds is 6. The van der Waals surface area contributed by atoms with Crippen molar-refractivity contribution < 1.29 is 28.8 Å². The quantitative estimate of drug-likeness (QED) is 0.567. The molecule has 1 aliphatic rings. The molecule has 0 aromatic rings. The maximum absolute atomic E-state index is 12.0. The van der Waals surface area contributed by atoms with Crippen molar-refractivity contribution in [3.05, 3.63) is 12.7 Å². The lowest BCUT2D eigenvalue weighted by molar-refractivity contribution is -0.199. The summed E-state index contributed by atoms with van der Waals surface area (Å²) >= 11 is 0. The number of carbonyl (C=O) groups excluding carboxylic acids is 4. The Balaban J connectivity index is 2.65. The third-order valence-corrected chi connectivity index (χ3v) is 2.71. The van der Waals surface area contributed by atoms with Gasteiger partial charge in [-0.1, -0.05) is 26.5 Å². The molecule has 0 aromatic heterocycles. The highest BCUT2D eigenvalue weighted by atomic mass is 16.7.